The van der Waals surface area contributed by atoms with Crippen LogP contribution in [0, 0.1) is 20.8 Å². The summed E-state index contributed by atoms with van der Waals surface area (Å²) in [6.45, 7) is 6.26. The van der Waals surface area contributed by atoms with Gasteiger partial charge in [-0.05, 0) is 80.4 Å². The average Bonchev–Trinajstić information content (AvgIpc) is 2.75. The molecule has 1 aromatic heterocycles. The second kappa shape index (κ2) is 9.23. The Morgan fingerprint density at radius 3 is 2.35 bits per heavy atom. The molecule has 4 nitrogen and oxygen atoms in total. The van der Waals surface area contributed by atoms with Crippen LogP contribution in [0.25, 0.3) is 10.9 Å². The van der Waals surface area contributed by atoms with Gasteiger partial charge in [-0.1, -0.05) is 41.6 Å². The first-order chi connectivity index (χ1) is 15.0. The van der Waals surface area contributed by atoms with Crippen LogP contribution in [0.5, 0.6) is 11.5 Å². The summed E-state index contributed by atoms with van der Waals surface area (Å²) in [7, 11) is 0. The predicted molar refractivity (Wildman–Crippen MR) is 128 cm³/mol. The molecule has 0 atom stereocenters. The Labute approximate surface area is 186 Å². The van der Waals surface area contributed by atoms with Crippen LogP contribution < -0.4 is 10.1 Å². The molecule has 0 saturated heterocycles. The van der Waals surface area contributed by atoms with E-state index < -0.39 is 0 Å². The van der Waals surface area contributed by atoms with E-state index in [1.165, 1.54) is 28.3 Å². The van der Waals surface area contributed by atoms with Crippen molar-refractivity contribution in [3.8, 4) is 11.5 Å². The monoisotopic (exact) mass is 428 g/mol. The molecule has 1 heterocycles. The number of ether oxygens (including phenoxy) is 1. The maximum atomic E-state index is 12.4. The fourth-order valence-corrected chi connectivity index (χ4v) is 4.22. The lowest BCUT2D eigenvalue weighted by atomic mass is 10.0. The minimum absolute atomic E-state index is 0.0677. The minimum atomic E-state index is -0.0677. The molecule has 0 aliphatic carbocycles. The van der Waals surface area contributed by atoms with Crippen LogP contribution in [-0.2, 0) is 4.79 Å². The zero-order valence-corrected chi connectivity index (χ0v) is 18.6. The Bertz CT molecular complexity index is 1220. The van der Waals surface area contributed by atoms with E-state index in [4.69, 9.17) is 9.72 Å². The molecule has 0 aliphatic heterocycles. The molecule has 0 radical (unpaired) electrons. The number of amides is 1. The first-order valence-electron chi connectivity index (χ1n) is 10.1. The van der Waals surface area contributed by atoms with Crippen LogP contribution >= 0.6 is 11.8 Å². The molecule has 5 heteroatoms. The number of hydrogen-bond acceptors (Lipinski definition) is 4. The van der Waals surface area contributed by atoms with Crippen LogP contribution in [0.4, 0.5) is 5.69 Å². The first kappa shape index (κ1) is 20.9. The summed E-state index contributed by atoms with van der Waals surface area (Å²) in [4.78, 5) is 17.2. The van der Waals surface area contributed by atoms with Gasteiger partial charge >= 0.3 is 0 Å². The number of hydrogen-bond donors (Lipinski definition) is 1. The normalized spacial score (nSPS) is 10.8. The molecule has 3 aromatic carbocycles. The minimum Gasteiger partial charge on any atom is -0.457 e. The van der Waals surface area contributed by atoms with Gasteiger partial charge in [0.05, 0.1) is 16.3 Å². The van der Waals surface area contributed by atoms with E-state index in [0.717, 1.165) is 33.3 Å². The number of anilines is 1. The Hall–Kier alpha value is -3.31. The summed E-state index contributed by atoms with van der Waals surface area (Å²) < 4.78 is 5.78. The average molecular weight is 429 g/mol. The highest BCUT2D eigenvalue weighted by Crippen LogP contribution is 2.27. The largest absolute Gasteiger partial charge is 0.457 e. The third-order valence-corrected chi connectivity index (χ3v) is 5.81. The standard InChI is InChI=1S/C26H24N2O2S/c1-17-13-19(3)26-23(14-17)18(2)15-25(28-26)31-16-24(29)27-20-9-11-22(12-10-20)30-21-7-5-4-6-8-21/h4-15H,16H2,1-3H3,(H,27,29). The number of aryl methyl sites for hydroxylation is 3. The van der Waals surface area contributed by atoms with E-state index in [9.17, 15) is 4.79 Å². The molecule has 0 saturated carbocycles. The Morgan fingerprint density at radius 1 is 0.903 bits per heavy atom. The van der Waals surface area contributed by atoms with Gasteiger partial charge in [0, 0.05) is 11.1 Å². The summed E-state index contributed by atoms with van der Waals surface area (Å²) in [5.41, 5.74) is 5.30. The lowest BCUT2D eigenvalue weighted by Gasteiger charge is -2.10. The topological polar surface area (TPSA) is 51.2 Å². The van der Waals surface area contributed by atoms with Crippen LogP contribution in [0.1, 0.15) is 16.7 Å². The van der Waals surface area contributed by atoms with Crippen LogP contribution in [0.3, 0.4) is 0 Å². The zero-order valence-electron chi connectivity index (χ0n) is 17.8. The van der Waals surface area contributed by atoms with Crippen molar-refractivity contribution in [1.29, 1.82) is 0 Å². The van der Waals surface area contributed by atoms with Gasteiger partial charge in [-0.25, -0.2) is 4.98 Å². The van der Waals surface area contributed by atoms with E-state index in [1.807, 2.05) is 54.6 Å². The Morgan fingerprint density at radius 2 is 1.61 bits per heavy atom. The molecule has 1 N–H and O–H groups in total. The molecule has 0 spiro atoms. The van der Waals surface area contributed by atoms with Crippen LogP contribution in [0.15, 0.2) is 77.8 Å². The lowest BCUT2D eigenvalue weighted by molar-refractivity contribution is -0.113. The highest BCUT2D eigenvalue weighted by atomic mass is 32.2. The van der Waals surface area contributed by atoms with Crippen molar-refractivity contribution in [2.75, 3.05) is 11.1 Å². The Kier molecular flexibility index (Phi) is 6.23. The number of carbonyl (C=O) groups excluding carboxylic acids is 1. The number of fused-ring (bicyclic) bond motifs is 1. The van der Waals surface area contributed by atoms with Gasteiger partial charge in [-0.15, -0.1) is 0 Å². The molecular formula is C26H24N2O2S. The molecule has 0 bridgehead atoms. The number of nitrogens with zero attached hydrogens (tertiary/aromatic N) is 1. The van der Waals surface area contributed by atoms with Gasteiger partial charge in [0.15, 0.2) is 0 Å². The number of benzene rings is 3. The molecule has 0 unspecified atom stereocenters. The molecule has 0 fully saturated rings. The molecule has 1 amide bonds. The van der Waals surface area contributed by atoms with Crippen LogP contribution in [-0.4, -0.2) is 16.6 Å². The highest BCUT2D eigenvalue weighted by molar-refractivity contribution is 7.99. The second-order valence-electron chi connectivity index (χ2n) is 7.53. The molecular weight excluding hydrogens is 404 g/mol. The van der Waals surface area contributed by atoms with Gasteiger partial charge in [-0.2, -0.15) is 0 Å². The number of carbonyl (C=O) groups is 1. The molecule has 156 valence electrons. The van der Waals surface area contributed by atoms with Crippen molar-refractivity contribution in [1.82, 2.24) is 4.98 Å². The van der Waals surface area contributed by atoms with Crippen molar-refractivity contribution in [2.24, 2.45) is 0 Å². The summed E-state index contributed by atoms with van der Waals surface area (Å²) in [6, 6.07) is 23.3. The van der Waals surface area contributed by atoms with E-state index >= 15 is 0 Å². The fourth-order valence-electron chi connectivity index (χ4n) is 3.46. The van der Waals surface area contributed by atoms with Gasteiger partial charge in [0.25, 0.3) is 0 Å². The molecule has 31 heavy (non-hydrogen) atoms. The van der Waals surface area contributed by atoms with E-state index in [2.05, 4.69) is 44.3 Å². The zero-order chi connectivity index (χ0) is 21.8. The number of thioether (sulfide) groups is 1. The van der Waals surface area contributed by atoms with E-state index in [1.54, 1.807) is 0 Å². The fraction of sp³-hybridized carbons (Fsp3) is 0.154. The van der Waals surface area contributed by atoms with Gasteiger partial charge in [-0.3, -0.25) is 4.79 Å². The quantitative estimate of drug-likeness (QED) is 0.348. The van der Waals surface area contributed by atoms with Crippen LogP contribution in [0.2, 0.25) is 0 Å². The van der Waals surface area contributed by atoms with E-state index in [0.29, 0.717) is 5.75 Å². The summed E-state index contributed by atoms with van der Waals surface area (Å²) >= 11 is 1.45. The van der Waals surface area contributed by atoms with Crippen molar-refractivity contribution >= 4 is 34.3 Å². The number of nitrogens with one attached hydrogen (secondary N) is 1. The molecule has 0 aliphatic rings. The SMILES string of the molecule is Cc1cc(C)c2nc(SCC(=O)Nc3ccc(Oc4ccccc4)cc3)cc(C)c2c1. The van der Waals surface area contributed by atoms with Crippen molar-refractivity contribution < 1.29 is 9.53 Å². The third-order valence-electron chi connectivity index (χ3n) is 4.90. The first-order valence-corrected chi connectivity index (χ1v) is 11.1. The van der Waals surface area contributed by atoms with Gasteiger partial charge in [0.1, 0.15) is 11.5 Å². The lowest BCUT2D eigenvalue weighted by Crippen LogP contribution is -2.14. The van der Waals surface area contributed by atoms with E-state index in [-0.39, 0.29) is 5.91 Å². The predicted octanol–water partition coefficient (Wildman–Crippen LogP) is 6.68. The number of rotatable bonds is 6. The summed E-state index contributed by atoms with van der Waals surface area (Å²) in [5.74, 6) is 1.73. The number of aromatic nitrogens is 1. The molecule has 4 aromatic rings. The van der Waals surface area contributed by atoms with Gasteiger partial charge < -0.3 is 10.1 Å². The van der Waals surface area contributed by atoms with Crippen molar-refractivity contribution in [3.63, 3.8) is 0 Å². The number of pyridine rings is 1. The Balaban J connectivity index is 1.37. The highest BCUT2D eigenvalue weighted by Gasteiger charge is 2.09. The number of para-hydroxylation sites is 1. The summed E-state index contributed by atoms with van der Waals surface area (Å²) in [5, 5.41) is 4.96. The maximum Gasteiger partial charge on any atom is 0.234 e. The van der Waals surface area contributed by atoms with Crippen molar-refractivity contribution in [3.05, 3.63) is 89.5 Å². The summed E-state index contributed by atoms with van der Waals surface area (Å²) in [6.07, 6.45) is 0. The second-order valence-corrected chi connectivity index (χ2v) is 8.53. The smallest absolute Gasteiger partial charge is 0.234 e. The third kappa shape index (κ3) is 5.25. The molecule has 4 rings (SSSR count). The van der Waals surface area contributed by atoms with Crippen molar-refractivity contribution in [2.45, 2.75) is 25.8 Å². The maximum absolute atomic E-state index is 12.4. The van der Waals surface area contributed by atoms with Gasteiger partial charge in [0.2, 0.25) is 5.91 Å².